The molecule has 1 unspecified atom stereocenters. The van der Waals surface area contributed by atoms with Crippen molar-refractivity contribution in [3.8, 4) is 10.8 Å². The number of furan rings is 1. The zero-order chi connectivity index (χ0) is 16.9. The Balaban J connectivity index is 1.67. The van der Waals surface area contributed by atoms with Crippen molar-refractivity contribution in [3.05, 3.63) is 65.4 Å². The van der Waals surface area contributed by atoms with E-state index < -0.39 is 11.9 Å². The predicted molar refractivity (Wildman–Crippen MR) is 89.0 cm³/mol. The maximum Gasteiger partial charge on any atom is 0.312 e. The topological polar surface area (TPSA) is 92.4 Å². The van der Waals surface area contributed by atoms with E-state index in [1.807, 2.05) is 6.07 Å². The second-order valence-corrected chi connectivity index (χ2v) is 6.05. The van der Waals surface area contributed by atoms with E-state index in [0.717, 1.165) is 0 Å². The number of nitrogens with zero attached hydrogens (tertiary/aromatic N) is 1. The number of hydrogen-bond donors (Lipinski definition) is 2. The van der Waals surface area contributed by atoms with E-state index in [2.05, 4.69) is 10.3 Å². The highest BCUT2D eigenvalue weighted by Crippen LogP contribution is 2.25. The minimum absolute atomic E-state index is 0.00612. The lowest BCUT2D eigenvalue weighted by Gasteiger charge is -2.13. The highest BCUT2D eigenvalue weighted by atomic mass is 32.1. The van der Waals surface area contributed by atoms with Gasteiger partial charge in [0, 0.05) is 6.54 Å². The highest BCUT2D eigenvalue weighted by molar-refractivity contribution is 7.16. The van der Waals surface area contributed by atoms with E-state index in [1.54, 1.807) is 36.4 Å². The normalized spacial score (nSPS) is 11.8. The fraction of sp³-hybridized carbons (Fsp3) is 0.118. The molecule has 3 rings (SSSR count). The maximum absolute atomic E-state index is 12.2. The first-order valence-corrected chi connectivity index (χ1v) is 8.02. The summed E-state index contributed by atoms with van der Waals surface area (Å²) in [7, 11) is 0. The maximum atomic E-state index is 12.2. The fourth-order valence-corrected chi connectivity index (χ4v) is 3.01. The monoisotopic (exact) mass is 342 g/mol. The molecule has 0 saturated carbocycles. The molecule has 0 aliphatic heterocycles. The summed E-state index contributed by atoms with van der Waals surface area (Å²) in [6.07, 6.45) is 2.99. The molecule has 1 atom stereocenters. The number of carbonyl (C=O) groups is 2. The van der Waals surface area contributed by atoms with Gasteiger partial charge in [-0.15, -0.1) is 11.3 Å². The Hall–Kier alpha value is -2.93. The molecule has 2 N–H and O–H groups in total. The molecule has 0 radical (unpaired) electrons. The lowest BCUT2D eigenvalue weighted by molar-refractivity contribution is -0.138. The molecule has 7 heteroatoms. The third-order valence-electron chi connectivity index (χ3n) is 3.43. The van der Waals surface area contributed by atoms with Crippen LogP contribution in [0.25, 0.3) is 10.8 Å². The predicted octanol–water partition coefficient (Wildman–Crippen LogP) is 3.00. The van der Waals surface area contributed by atoms with Gasteiger partial charge < -0.3 is 14.8 Å². The van der Waals surface area contributed by atoms with Crippen LogP contribution in [0.3, 0.4) is 0 Å². The number of carboxylic acid groups (broad SMARTS) is 1. The number of aliphatic carboxylic acids is 1. The lowest BCUT2D eigenvalue weighted by atomic mass is 9.99. The summed E-state index contributed by atoms with van der Waals surface area (Å²) < 4.78 is 5.24. The smallest absolute Gasteiger partial charge is 0.312 e. The number of nitrogens with one attached hydrogen (secondary N) is 1. The number of aromatic nitrogens is 1. The summed E-state index contributed by atoms with van der Waals surface area (Å²) in [4.78, 5) is 28.2. The Morgan fingerprint density at radius 2 is 2.00 bits per heavy atom. The number of thiazole rings is 1. The first kappa shape index (κ1) is 15.9. The molecule has 1 amide bonds. The van der Waals surface area contributed by atoms with Gasteiger partial charge in [0.2, 0.25) is 0 Å². The SMILES string of the molecule is O=C(NCC(C(=O)O)c1ccccc1)c1cnc(-c2ccco2)s1. The van der Waals surface area contributed by atoms with E-state index in [0.29, 0.717) is 21.2 Å². The van der Waals surface area contributed by atoms with Gasteiger partial charge in [0.05, 0.1) is 18.4 Å². The second-order valence-electron chi connectivity index (χ2n) is 5.02. The van der Waals surface area contributed by atoms with Gasteiger partial charge in [-0.1, -0.05) is 30.3 Å². The van der Waals surface area contributed by atoms with Gasteiger partial charge in [-0.05, 0) is 17.7 Å². The fourth-order valence-electron chi connectivity index (χ4n) is 2.21. The van der Waals surface area contributed by atoms with Crippen LogP contribution in [-0.2, 0) is 4.79 Å². The van der Waals surface area contributed by atoms with Crippen LogP contribution in [0.5, 0.6) is 0 Å². The van der Waals surface area contributed by atoms with Crippen molar-refractivity contribution in [1.29, 1.82) is 0 Å². The molecular formula is C17H14N2O4S. The molecule has 0 saturated heterocycles. The molecule has 0 spiro atoms. The number of rotatable bonds is 6. The molecule has 0 fully saturated rings. The van der Waals surface area contributed by atoms with Crippen molar-refractivity contribution >= 4 is 23.2 Å². The summed E-state index contributed by atoms with van der Waals surface area (Å²) in [5.41, 5.74) is 0.644. The molecule has 0 bridgehead atoms. The van der Waals surface area contributed by atoms with E-state index >= 15 is 0 Å². The third-order valence-corrected chi connectivity index (χ3v) is 4.44. The molecule has 0 aliphatic carbocycles. The van der Waals surface area contributed by atoms with Crippen LogP contribution in [0.2, 0.25) is 0 Å². The molecule has 3 aromatic rings. The molecule has 24 heavy (non-hydrogen) atoms. The van der Waals surface area contributed by atoms with Crippen molar-refractivity contribution in [2.45, 2.75) is 5.92 Å². The highest BCUT2D eigenvalue weighted by Gasteiger charge is 2.21. The van der Waals surface area contributed by atoms with Gasteiger partial charge in [0.25, 0.3) is 5.91 Å². The van der Waals surface area contributed by atoms with E-state index in [-0.39, 0.29) is 12.5 Å². The molecule has 2 heterocycles. The average molecular weight is 342 g/mol. The van der Waals surface area contributed by atoms with Crippen molar-refractivity contribution < 1.29 is 19.1 Å². The minimum atomic E-state index is -0.984. The van der Waals surface area contributed by atoms with Crippen LogP contribution in [0.1, 0.15) is 21.2 Å². The van der Waals surface area contributed by atoms with E-state index in [4.69, 9.17) is 4.42 Å². The number of carboxylic acids is 1. The van der Waals surface area contributed by atoms with Crippen molar-refractivity contribution in [3.63, 3.8) is 0 Å². The standard InChI is InChI=1S/C17H14N2O4S/c20-15(14-10-19-16(24-14)13-7-4-8-23-13)18-9-12(17(21)22)11-5-2-1-3-6-11/h1-8,10,12H,9H2,(H,18,20)(H,21,22). The molecule has 122 valence electrons. The Morgan fingerprint density at radius 1 is 1.21 bits per heavy atom. The molecular weight excluding hydrogens is 328 g/mol. The minimum Gasteiger partial charge on any atom is -0.481 e. The zero-order valence-electron chi connectivity index (χ0n) is 12.5. The Labute approximate surface area is 141 Å². The second kappa shape index (κ2) is 7.10. The van der Waals surface area contributed by atoms with Gasteiger partial charge >= 0.3 is 5.97 Å². The first-order chi connectivity index (χ1) is 11.6. The Kier molecular flexibility index (Phi) is 4.72. The average Bonchev–Trinajstić information content (AvgIpc) is 3.27. The van der Waals surface area contributed by atoms with E-state index in [9.17, 15) is 14.7 Å². The third kappa shape index (κ3) is 3.52. The molecule has 0 aliphatic rings. The van der Waals surface area contributed by atoms with Crippen molar-refractivity contribution in [1.82, 2.24) is 10.3 Å². The van der Waals surface area contributed by atoms with Gasteiger partial charge in [-0.2, -0.15) is 0 Å². The van der Waals surface area contributed by atoms with Crippen LogP contribution in [0.4, 0.5) is 0 Å². The largest absolute Gasteiger partial charge is 0.481 e. The molecule has 1 aromatic carbocycles. The zero-order valence-corrected chi connectivity index (χ0v) is 13.3. The van der Waals surface area contributed by atoms with E-state index in [1.165, 1.54) is 23.8 Å². The Morgan fingerprint density at radius 3 is 2.67 bits per heavy atom. The van der Waals surface area contributed by atoms with Gasteiger partial charge in [0.15, 0.2) is 10.8 Å². The summed E-state index contributed by atoms with van der Waals surface area (Å²) >= 11 is 1.19. The summed E-state index contributed by atoms with van der Waals surface area (Å²) in [6, 6.07) is 12.3. The Bertz CT molecular complexity index is 827. The van der Waals surface area contributed by atoms with Crippen LogP contribution in [0, 0.1) is 0 Å². The summed E-state index contributed by atoms with van der Waals surface area (Å²) in [5.74, 6) is -1.55. The van der Waals surface area contributed by atoms with Crippen molar-refractivity contribution in [2.75, 3.05) is 6.54 Å². The first-order valence-electron chi connectivity index (χ1n) is 7.21. The van der Waals surface area contributed by atoms with Gasteiger partial charge in [0.1, 0.15) is 4.88 Å². The number of benzene rings is 1. The number of carbonyl (C=O) groups excluding carboxylic acids is 1. The number of hydrogen-bond acceptors (Lipinski definition) is 5. The van der Waals surface area contributed by atoms with Crippen LogP contribution in [-0.4, -0.2) is 28.5 Å². The van der Waals surface area contributed by atoms with Gasteiger partial charge in [-0.25, -0.2) is 4.98 Å². The quantitative estimate of drug-likeness (QED) is 0.718. The lowest BCUT2D eigenvalue weighted by Crippen LogP contribution is -2.31. The van der Waals surface area contributed by atoms with Crippen LogP contribution >= 0.6 is 11.3 Å². The van der Waals surface area contributed by atoms with Crippen LogP contribution in [0.15, 0.2) is 59.3 Å². The molecule has 6 nitrogen and oxygen atoms in total. The summed E-state index contributed by atoms with van der Waals surface area (Å²) in [6.45, 7) is 0.00612. The van der Waals surface area contributed by atoms with Crippen LogP contribution < -0.4 is 5.32 Å². The number of amides is 1. The summed E-state index contributed by atoms with van der Waals surface area (Å²) in [5, 5.41) is 12.6. The van der Waals surface area contributed by atoms with Gasteiger partial charge in [-0.3, -0.25) is 9.59 Å². The molecule has 2 aromatic heterocycles. The van der Waals surface area contributed by atoms with Crippen molar-refractivity contribution in [2.24, 2.45) is 0 Å².